The van der Waals surface area contributed by atoms with Crippen molar-refractivity contribution in [1.82, 2.24) is 5.32 Å². The molecule has 0 bridgehead atoms. The average Bonchev–Trinajstić information content (AvgIpc) is 2.26. The van der Waals surface area contributed by atoms with Gasteiger partial charge in [0.2, 0.25) is 0 Å². The third-order valence-electron chi connectivity index (χ3n) is 2.89. The Hall–Kier alpha value is -0.540. The highest BCUT2D eigenvalue weighted by atomic mass is 79.9. The molecule has 1 aromatic carbocycles. The number of halogens is 1. The second kappa shape index (κ2) is 7.15. The topological polar surface area (TPSA) is 21.3 Å². The van der Waals surface area contributed by atoms with Crippen LogP contribution in [0.4, 0.5) is 0 Å². The highest BCUT2D eigenvalue weighted by Crippen LogP contribution is 2.24. The maximum Gasteiger partial charge on any atom is 0.122 e. The number of ether oxygens (including phenoxy) is 1. The summed E-state index contributed by atoms with van der Waals surface area (Å²) in [5, 5.41) is 3.44. The van der Waals surface area contributed by atoms with E-state index in [1.54, 1.807) is 0 Å². The first-order chi connectivity index (χ1) is 8.40. The van der Waals surface area contributed by atoms with E-state index in [2.05, 4.69) is 61.9 Å². The van der Waals surface area contributed by atoms with Gasteiger partial charge in [-0.05, 0) is 36.6 Å². The Kier molecular flexibility index (Phi) is 6.16. The van der Waals surface area contributed by atoms with E-state index >= 15 is 0 Å². The van der Waals surface area contributed by atoms with Crippen molar-refractivity contribution >= 4 is 15.9 Å². The first-order valence-corrected chi connectivity index (χ1v) is 7.35. The van der Waals surface area contributed by atoms with Gasteiger partial charge in [-0.1, -0.05) is 43.6 Å². The van der Waals surface area contributed by atoms with Gasteiger partial charge in [0.25, 0.3) is 0 Å². The van der Waals surface area contributed by atoms with Crippen LogP contribution < -0.4 is 10.1 Å². The molecule has 1 unspecified atom stereocenters. The quantitative estimate of drug-likeness (QED) is 0.851. The Balaban J connectivity index is 2.70. The number of hydrogen-bond acceptors (Lipinski definition) is 2. The molecule has 0 aliphatic carbocycles. The molecular weight excluding hydrogens is 290 g/mol. The van der Waals surface area contributed by atoms with Crippen molar-refractivity contribution in [2.75, 3.05) is 6.54 Å². The summed E-state index contributed by atoms with van der Waals surface area (Å²) in [6.07, 6.45) is 0.201. The Morgan fingerprint density at radius 1 is 1.22 bits per heavy atom. The van der Waals surface area contributed by atoms with E-state index < -0.39 is 0 Å². The minimum Gasteiger partial charge on any atom is -0.489 e. The minimum atomic E-state index is 0.201. The van der Waals surface area contributed by atoms with Crippen molar-refractivity contribution in [2.45, 2.75) is 46.8 Å². The van der Waals surface area contributed by atoms with E-state index in [1.165, 1.54) is 5.56 Å². The normalized spacial score (nSPS) is 13.1. The van der Waals surface area contributed by atoms with Crippen molar-refractivity contribution < 1.29 is 4.74 Å². The Bertz CT molecular complexity index is 377. The number of aryl methyl sites for hydroxylation is 1. The predicted octanol–water partition coefficient (Wildman–Crippen LogP) is 4.16. The molecule has 1 N–H and O–H groups in total. The van der Waals surface area contributed by atoms with Crippen molar-refractivity contribution in [2.24, 2.45) is 5.92 Å². The molecule has 0 fully saturated rings. The fourth-order valence-electron chi connectivity index (χ4n) is 1.67. The van der Waals surface area contributed by atoms with Crippen molar-refractivity contribution in [3.8, 4) is 5.75 Å². The lowest BCUT2D eigenvalue weighted by atomic mass is 10.1. The standard InChI is InChI=1S/C15H24BrNO/c1-10(2)15(9-17-11(3)4)18-14-7-6-13(16)8-12(14)5/h6-8,10-11,15,17H,9H2,1-5H3. The van der Waals surface area contributed by atoms with Crippen LogP contribution in [0.15, 0.2) is 22.7 Å². The largest absolute Gasteiger partial charge is 0.489 e. The molecule has 0 saturated heterocycles. The van der Waals surface area contributed by atoms with Crippen LogP contribution in [0.5, 0.6) is 5.75 Å². The number of rotatable bonds is 6. The van der Waals surface area contributed by atoms with E-state index in [9.17, 15) is 0 Å². The van der Waals surface area contributed by atoms with Gasteiger partial charge in [-0.25, -0.2) is 0 Å². The zero-order valence-corrected chi connectivity index (χ0v) is 13.5. The number of nitrogens with one attached hydrogen (secondary N) is 1. The fourth-order valence-corrected chi connectivity index (χ4v) is 2.15. The van der Waals surface area contributed by atoms with Crippen LogP contribution in [0.3, 0.4) is 0 Å². The van der Waals surface area contributed by atoms with Crippen LogP contribution in [0.2, 0.25) is 0 Å². The second-order valence-electron chi connectivity index (χ2n) is 5.37. The summed E-state index contributed by atoms with van der Waals surface area (Å²) >= 11 is 3.47. The molecule has 1 aromatic rings. The molecule has 102 valence electrons. The smallest absolute Gasteiger partial charge is 0.122 e. The first-order valence-electron chi connectivity index (χ1n) is 6.56. The van der Waals surface area contributed by atoms with Crippen LogP contribution in [0.25, 0.3) is 0 Å². The SMILES string of the molecule is Cc1cc(Br)ccc1OC(CNC(C)C)C(C)C. The molecule has 2 nitrogen and oxygen atoms in total. The summed E-state index contributed by atoms with van der Waals surface area (Å²) in [6, 6.07) is 6.63. The van der Waals surface area contributed by atoms with Crippen LogP contribution in [-0.4, -0.2) is 18.7 Å². The average molecular weight is 314 g/mol. The lowest BCUT2D eigenvalue weighted by molar-refractivity contribution is 0.145. The summed E-state index contributed by atoms with van der Waals surface area (Å²) in [5.74, 6) is 1.46. The molecule has 0 heterocycles. The first kappa shape index (κ1) is 15.5. The van der Waals surface area contributed by atoms with E-state index in [1.807, 2.05) is 12.1 Å². The van der Waals surface area contributed by atoms with Crippen molar-refractivity contribution in [3.63, 3.8) is 0 Å². The highest BCUT2D eigenvalue weighted by molar-refractivity contribution is 9.10. The third-order valence-corrected chi connectivity index (χ3v) is 3.38. The molecule has 0 spiro atoms. The molecule has 0 aliphatic heterocycles. The van der Waals surface area contributed by atoms with Crippen LogP contribution in [0, 0.1) is 12.8 Å². The molecule has 1 atom stereocenters. The maximum absolute atomic E-state index is 6.13. The van der Waals surface area contributed by atoms with Gasteiger partial charge in [-0.3, -0.25) is 0 Å². The van der Waals surface area contributed by atoms with Crippen LogP contribution in [-0.2, 0) is 0 Å². The van der Waals surface area contributed by atoms with Gasteiger partial charge in [0.05, 0.1) is 0 Å². The molecule has 0 radical (unpaired) electrons. The van der Waals surface area contributed by atoms with Gasteiger partial charge >= 0.3 is 0 Å². The minimum absolute atomic E-state index is 0.201. The van der Waals surface area contributed by atoms with E-state index in [4.69, 9.17) is 4.74 Å². The Morgan fingerprint density at radius 2 is 1.89 bits per heavy atom. The van der Waals surface area contributed by atoms with E-state index in [0.29, 0.717) is 12.0 Å². The molecule has 18 heavy (non-hydrogen) atoms. The summed E-state index contributed by atoms with van der Waals surface area (Å²) in [5.41, 5.74) is 1.17. The lowest BCUT2D eigenvalue weighted by Crippen LogP contribution is -2.38. The zero-order chi connectivity index (χ0) is 13.7. The number of benzene rings is 1. The lowest BCUT2D eigenvalue weighted by Gasteiger charge is -2.25. The van der Waals surface area contributed by atoms with Crippen molar-refractivity contribution in [1.29, 1.82) is 0 Å². The molecule has 1 rings (SSSR count). The molecule has 0 amide bonds. The molecular formula is C15H24BrNO. The highest BCUT2D eigenvalue weighted by Gasteiger charge is 2.16. The maximum atomic E-state index is 6.13. The summed E-state index contributed by atoms with van der Waals surface area (Å²) in [6.45, 7) is 11.7. The van der Waals surface area contributed by atoms with Gasteiger partial charge in [-0.2, -0.15) is 0 Å². The molecule has 0 aromatic heterocycles. The summed E-state index contributed by atoms with van der Waals surface area (Å²) < 4.78 is 7.22. The Labute approximate surface area is 119 Å². The van der Waals surface area contributed by atoms with Gasteiger partial charge in [0.1, 0.15) is 11.9 Å². The Morgan fingerprint density at radius 3 is 2.39 bits per heavy atom. The monoisotopic (exact) mass is 313 g/mol. The van der Waals surface area contributed by atoms with Gasteiger partial charge in [-0.15, -0.1) is 0 Å². The van der Waals surface area contributed by atoms with Crippen LogP contribution in [0.1, 0.15) is 33.3 Å². The van der Waals surface area contributed by atoms with Gasteiger partial charge in [0.15, 0.2) is 0 Å². The van der Waals surface area contributed by atoms with Gasteiger partial charge < -0.3 is 10.1 Å². The molecule has 3 heteroatoms. The second-order valence-corrected chi connectivity index (χ2v) is 6.29. The zero-order valence-electron chi connectivity index (χ0n) is 12.0. The van der Waals surface area contributed by atoms with Crippen LogP contribution >= 0.6 is 15.9 Å². The summed E-state index contributed by atoms with van der Waals surface area (Å²) in [7, 11) is 0. The van der Waals surface area contributed by atoms with E-state index in [0.717, 1.165) is 16.8 Å². The third kappa shape index (κ3) is 4.99. The molecule has 0 saturated carbocycles. The van der Waals surface area contributed by atoms with E-state index in [-0.39, 0.29) is 6.10 Å². The predicted molar refractivity (Wildman–Crippen MR) is 81.3 cm³/mol. The molecule has 0 aliphatic rings. The fraction of sp³-hybridized carbons (Fsp3) is 0.600. The van der Waals surface area contributed by atoms with Crippen molar-refractivity contribution in [3.05, 3.63) is 28.2 Å². The van der Waals surface area contributed by atoms with Gasteiger partial charge in [0, 0.05) is 17.1 Å². The number of hydrogen-bond donors (Lipinski definition) is 1. The summed E-state index contributed by atoms with van der Waals surface area (Å²) in [4.78, 5) is 0.